The quantitative estimate of drug-likeness (QED) is 0.802. The van der Waals surface area contributed by atoms with Crippen molar-refractivity contribution in [3.05, 3.63) is 35.4 Å². The summed E-state index contributed by atoms with van der Waals surface area (Å²) in [5, 5.41) is 8.15. The van der Waals surface area contributed by atoms with E-state index >= 15 is 0 Å². The number of benzene rings is 1. The zero-order valence-electron chi connectivity index (χ0n) is 12.4. The van der Waals surface area contributed by atoms with Gasteiger partial charge in [0.25, 0.3) is 0 Å². The smallest absolute Gasteiger partial charge is 0.416 e. The first-order valence-electron chi connectivity index (χ1n) is 7.07. The fourth-order valence-electron chi connectivity index (χ4n) is 2.36. The predicted octanol–water partition coefficient (Wildman–Crippen LogP) is 1.93. The molecule has 1 saturated heterocycles. The molecule has 10 heteroatoms. The molecule has 1 aromatic carbocycles. The molecule has 2 N–H and O–H groups in total. The van der Waals surface area contributed by atoms with E-state index in [1.54, 1.807) is 0 Å². The third-order valence-corrected chi connectivity index (χ3v) is 5.51. The molecule has 2 atom stereocenters. The molecule has 0 bridgehead atoms. The molecule has 2 unspecified atom stereocenters. The van der Waals surface area contributed by atoms with Crippen molar-refractivity contribution in [1.82, 2.24) is 4.72 Å². The van der Waals surface area contributed by atoms with Crippen LogP contribution in [0.4, 0.5) is 13.2 Å². The van der Waals surface area contributed by atoms with Crippen LogP contribution in [0.3, 0.4) is 0 Å². The zero-order valence-corrected chi connectivity index (χ0v) is 13.2. The molecule has 1 fully saturated rings. The zero-order chi connectivity index (χ0) is 18.0. The Morgan fingerprint density at radius 2 is 1.96 bits per heavy atom. The number of halogens is 3. The Hall–Kier alpha value is -1.65. The van der Waals surface area contributed by atoms with E-state index in [0.29, 0.717) is 0 Å². The molecule has 134 valence electrons. The minimum atomic E-state index is -4.53. The van der Waals surface area contributed by atoms with Gasteiger partial charge < -0.3 is 9.84 Å². The number of carbonyl (C=O) groups is 1. The van der Waals surface area contributed by atoms with Gasteiger partial charge >= 0.3 is 12.1 Å². The highest BCUT2D eigenvalue weighted by Crippen LogP contribution is 2.30. The van der Waals surface area contributed by atoms with Crippen LogP contribution < -0.4 is 4.72 Å². The standard InChI is InChI=1S/C14H16F3NO5S/c15-14(16,17)10-3-1-9(2-4-10)12(7-13(19)20)18-24(21,22)11-5-6-23-8-11/h1-4,11-12,18H,5-8H2,(H,19,20). The summed E-state index contributed by atoms with van der Waals surface area (Å²) in [6.07, 6.45) is -4.83. The van der Waals surface area contributed by atoms with Gasteiger partial charge in [-0.05, 0) is 24.1 Å². The summed E-state index contributed by atoms with van der Waals surface area (Å²) in [6, 6.07) is 2.57. The molecule has 1 aromatic rings. The van der Waals surface area contributed by atoms with Gasteiger partial charge in [0.1, 0.15) is 5.25 Å². The summed E-state index contributed by atoms with van der Waals surface area (Å²) < 4.78 is 69.6. The number of aliphatic carboxylic acids is 1. The van der Waals surface area contributed by atoms with E-state index in [2.05, 4.69) is 4.72 Å². The first kappa shape index (κ1) is 18.7. The van der Waals surface area contributed by atoms with Crippen molar-refractivity contribution in [2.75, 3.05) is 13.2 Å². The molecule has 0 amide bonds. The summed E-state index contributed by atoms with van der Waals surface area (Å²) in [5.41, 5.74) is -0.750. The van der Waals surface area contributed by atoms with E-state index in [1.165, 1.54) is 0 Å². The van der Waals surface area contributed by atoms with Gasteiger partial charge in [-0.1, -0.05) is 12.1 Å². The lowest BCUT2D eigenvalue weighted by Crippen LogP contribution is -2.38. The lowest BCUT2D eigenvalue weighted by atomic mass is 10.0. The van der Waals surface area contributed by atoms with Gasteiger partial charge in [-0.25, -0.2) is 13.1 Å². The summed E-state index contributed by atoms with van der Waals surface area (Å²) in [7, 11) is -3.85. The average molecular weight is 367 g/mol. The van der Waals surface area contributed by atoms with E-state index in [0.717, 1.165) is 24.3 Å². The van der Waals surface area contributed by atoms with Crippen LogP contribution in [0.15, 0.2) is 24.3 Å². The lowest BCUT2D eigenvalue weighted by Gasteiger charge is -2.20. The Labute approximate surface area is 136 Å². The molecular formula is C14H16F3NO5S. The van der Waals surface area contributed by atoms with Crippen LogP contribution >= 0.6 is 0 Å². The molecule has 0 saturated carbocycles. The van der Waals surface area contributed by atoms with E-state index in [4.69, 9.17) is 9.84 Å². The largest absolute Gasteiger partial charge is 0.481 e. The van der Waals surface area contributed by atoms with Gasteiger partial charge in [0, 0.05) is 6.61 Å². The van der Waals surface area contributed by atoms with Gasteiger partial charge in [-0.15, -0.1) is 0 Å². The second kappa shape index (κ2) is 7.08. The Bertz CT molecular complexity index is 681. The van der Waals surface area contributed by atoms with E-state index in [1.807, 2.05) is 0 Å². The van der Waals surface area contributed by atoms with Gasteiger partial charge in [0.15, 0.2) is 0 Å². The van der Waals surface area contributed by atoms with Gasteiger partial charge in [0.2, 0.25) is 10.0 Å². The van der Waals surface area contributed by atoms with Gasteiger partial charge in [-0.2, -0.15) is 13.2 Å². The number of nitrogens with one attached hydrogen (secondary N) is 1. The van der Waals surface area contributed by atoms with Crippen LogP contribution in [-0.4, -0.2) is 38.0 Å². The van der Waals surface area contributed by atoms with Crippen molar-refractivity contribution in [2.45, 2.75) is 30.3 Å². The summed E-state index contributed by atoms with van der Waals surface area (Å²) in [6.45, 7) is 0.289. The van der Waals surface area contributed by atoms with Crippen LogP contribution in [-0.2, 0) is 25.7 Å². The van der Waals surface area contributed by atoms with Crippen molar-refractivity contribution < 1.29 is 36.2 Å². The molecule has 0 radical (unpaired) electrons. The minimum Gasteiger partial charge on any atom is -0.481 e. The van der Waals surface area contributed by atoms with Crippen molar-refractivity contribution in [2.24, 2.45) is 0 Å². The Morgan fingerprint density at radius 3 is 2.42 bits per heavy atom. The predicted molar refractivity (Wildman–Crippen MR) is 77.7 cm³/mol. The number of carboxylic acids is 1. The van der Waals surface area contributed by atoms with Crippen molar-refractivity contribution in [3.63, 3.8) is 0 Å². The fraction of sp³-hybridized carbons (Fsp3) is 0.500. The first-order valence-corrected chi connectivity index (χ1v) is 8.62. The second-order valence-electron chi connectivity index (χ2n) is 5.42. The normalized spacial score (nSPS) is 20.0. The molecule has 1 aliphatic heterocycles. The van der Waals surface area contributed by atoms with Crippen LogP contribution in [0.5, 0.6) is 0 Å². The number of ether oxygens (including phenoxy) is 1. The number of sulfonamides is 1. The fourth-order valence-corrected chi connectivity index (χ4v) is 3.85. The number of hydrogen-bond acceptors (Lipinski definition) is 4. The maximum atomic E-state index is 12.6. The van der Waals surface area contributed by atoms with Gasteiger partial charge in [0.05, 0.1) is 24.6 Å². The summed E-state index contributed by atoms with van der Waals surface area (Å²) >= 11 is 0. The maximum absolute atomic E-state index is 12.6. The first-order chi connectivity index (χ1) is 11.1. The molecule has 1 heterocycles. The van der Waals surface area contributed by atoms with Crippen LogP contribution in [0.1, 0.15) is 30.0 Å². The molecule has 2 rings (SSSR count). The number of carboxylic acid groups (broad SMARTS) is 1. The van der Waals surface area contributed by atoms with Crippen LogP contribution in [0.25, 0.3) is 0 Å². The monoisotopic (exact) mass is 367 g/mol. The SMILES string of the molecule is O=C(O)CC(NS(=O)(=O)C1CCOC1)c1ccc(C(F)(F)F)cc1. The number of rotatable bonds is 6. The highest BCUT2D eigenvalue weighted by molar-refractivity contribution is 7.90. The molecule has 0 spiro atoms. The lowest BCUT2D eigenvalue weighted by molar-refractivity contribution is -0.138. The van der Waals surface area contributed by atoms with E-state index in [-0.39, 0.29) is 25.2 Å². The highest BCUT2D eigenvalue weighted by atomic mass is 32.2. The number of alkyl halides is 3. The van der Waals surface area contributed by atoms with E-state index < -0.39 is 45.4 Å². The highest BCUT2D eigenvalue weighted by Gasteiger charge is 2.33. The molecule has 0 aliphatic carbocycles. The van der Waals surface area contributed by atoms with Crippen molar-refractivity contribution in [1.29, 1.82) is 0 Å². The Morgan fingerprint density at radius 1 is 1.33 bits per heavy atom. The summed E-state index contributed by atoms with van der Waals surface area (Å²) in [4.78, 5) is 11.0. The third-order valence-electron chi connectivity index (χ3n) is 3.65. The Balaban J connectivity index is 2.23. The summed E-state index contributed by atoms with van der Waals surface area (Å²) in [5.74, 6) is -1.27. The van der Waals surface area contributed by atoms with E-state index in [9.17, 15) is 26.4 Å². The molecular weight excluding hydrogens is 351 g/mol. The topological polar surface area (TPSA) is 92.7 Å². The van der Waals surface area contributed by atoms with Crippen LogP contribution in [0, 0.1) is 0 Å². The second-order valence-corrected chi connectivity index (χ2v) is 7.41. The third kappa shape index (κ3) is 4.68. The maximum Gasteiger partial charge on any atom is 0.416 e. The molecule has 0 aromatic heterocycles. The Kier molecular flexibility index (Phi) is 5.51. The number of hydrogen-bond donors (Lipinski definition) is 2. The molecule has 1 aliphatic rings. The molecule has 6 nitrogen and oxygen atoms in total. The minimum absolute atomic E-state index is 0.00212. The average Bonchev–Trinajstić information content (AvgIpc) is 3.00. The van der Waals surface area contributed by atoms with Crippen LogP contribution in [0.2, 0.25) is 0 Å². The molecule has 24 heavy (non-hydrogen) atoms. The van der Waals surface area contributed by atoms with Gasteiger partial charge in [-0.3, -0.25) is 4.79 Å². The van der Waals surface area contributed by atoms with Crippen molar-refractivity contribution in [3.8, 4) is 0 Å². The van der Waals surface area contributed by atoms with Crippen molar-refractivity contribution >= 4 is 16.0 Å².